The standard InChI is InChI=1S/C14H30N2O/c1-5-15-9-7-6-8-10-16-11-13(2)17-14(3,4)12-16/h13,15H,5-12H2,1-4H3. The summed E-state index contributed by atoms with van der Waals surface area (Å²) < 4.78 is 5.91. The van der Waals surface area contributed by atoms with Gasteiger partial charge < -0.3 is 10.1 Å². The van der Waals surface area contributed by atoms with Gasteiger partial charge in [-0.25, -0.2) is 0 Å². The van der Waals surface area contributed by atoms with Crippen LogP contribution in [0.1, 0.15) is 47.0 Å². The number of nitrogens with one attached hydrogen (secondary N) is 1. The minimum absolute atomic E-state index is 0.0292. The van der Waals surface area contributed by atoms with Gasteiger partial charge >= 0.3 is 0 Å². The fraction of sp³-hybridized carbons (Fsp3) is 1.00. The summed E-state index contributed by atoms with van der Waals surface area (Å²) in [6.45, 7) is 14.4. The number of hydrogen-bond acceptors (Lipinski definition) is 3. The van der Waals surface area contributed by atoms with E-state index in [0.717, 1.165) is 19.6 Å². The number of hydrogen-bond donors (Lipinski definition) is 1. The zero-order valence-electron chi connectivity index (χ0n) is 12.1. The molecule has 0 radical (unpaired) electrons. The molecule has 0 aromatic heterocycles. The molecule has 0 spiro atoms. The van der Waals surface area contributed by atoms with Crippen molar-refractivity contribution >= 4 is 0 Å². The summed E-state index contributed by atoms with van der Waals surface area (Å²) in [5, 5.41) is 3.37. The van der Waals surface area contributed by atoms with Crippen LogP contribution in [0.25, 0.3) is 0 Å². The first-order valence-corrected chi connectivity index (χ1v) is 7.14. The van der Waals surface area contributed by atoms with E-state index in [2.05, 4.69) is 37.9 Å². The summed E-state index contributed by atoms with van der Waals surface area (Å²) in [6, 6.07) is 0. The quantitative estimate of drug-likeness (QED) is 0.693. The molecule has 1 heterocycles. The summed E-state index contributed by atoms with van der Waals surface area (Å²) >= 11 is 0. The maximum atomic E-state index is 5.91. The molecule has 1 N–H and O–H groups in total. The van der Waals surface area contributed by atoms with Gasteiger partial charge in [0.05, 0.1) is 11.7 Å². The van der Waals surface area contributed by atoms with E-state index in [1.807, 2.05) is 0 Å². The Kier molecular flexibility index (Phi) is 6.45. The van der Waals surface area contributed by atoms with E-state index < -0.39 is 0 Å². The number of morpholine rings is 1. The third-order valence-corrected chi connectivity index (χ3v) is 3.22. The van der Waals surface area contributed by atoms with Crippen LogP contribution in [0.3, 0.4) is 0 Å². The van der Waals surface area contributed by atoms with E-state index >= 15 is 0 Å². The highest BCUT2D eigenvalue weighted by atomic mass is 16.5. The van der Waals surface area contributed by atoms with Gasteiger partial charge in [0.2, 0.25) is 0 Å². The lowest BCUT2D eigenvalue weighted by molar-refractivity contribution is -0.128. The minimum Gasteiger partial charge on any atom is -0.370 e. The highest BCUT2D eigenvalue weighted by molar-refractivity contribution is 4.82. The van der Waals surface area contributed by atoms with E-state index in [1.165, 1.54) is 32.4 Å². The number of ether oxygens (including phenoxy) is 1. The van der Waals surface area contributed by atoms with Crippen molar-refractivity contribution < 1.29 is 4.74 Å². The molecule has 3 nitrogen and oxygen atoms in total. The van der Waals surface area contributed by atoms with Gasteiger partial charge in [-0.2, -0.15) is 0 Å². The average Bonchev–Trinajstić information content (AvgIpc) is 2.20. The molecule has 0 amide bonds. The van der Waals surface area contributed by atoms with Gasteiger partial charge in [0.25, 0.3) is 0 Å². The molecule has 0 aliphatic carbocycles. The normalized spacial score (nSPS) is 25.1. The summed E-state index contributed by atoms with van der Waals surface area (Å²) in [5.41, 5.74) is 0.0292. The molecule has 0 aromatic carbocycles. The highest BCUT2D eigenvalue weighted by Crippen LogP contribution is 2.20. The van der Waals surface area contributed by atoms with Crippen molar-refractivity contribution in [2.75, 3.05) is 32.7 Å². The Bertz CT molecular complexity index is 206. The van der Waals surface area contributed by atoms with Crippen LogP contribution in [0.4, 0.5) is 0 Å². The molecule has 102 valence electrons. The summed E-state index contributed by atoms with van der Waals surface area (Å²) in [5.74, 6) is 0. The van der Waals surface area contributed by atoms with Gasteiger partial charge in [0, 0.05) is 13.1 Å². The van der Waals surface area contributed by atoms with Crippen molar-refractivity contribution in [2.24, 2.45) is 0 Å². The molecule has 3 heteroatoms. The maximum Gasteiger partial charge on any atom is 0.0757 e. The van der Waals surface area contributed by atoms with E-state index in [1.54, 1.807) is 0 Å². The Morgan fingerprint density at radius 2 is 2.06 bits per heavy atom. The van der Waals surface area contributed by atoms with Gasteiger partial charge in [-0.1, -0.05) is 13.3 Å². The molecule has 1 aliphatic heterocycles. The predicted molar refractivity (Wildman–Crippen MR) is 73.5 cm³/mol. The zero-order chi connectivity index (χ0) is 12.7. The Morgan fingerprint density at radius 1 is 1.29 bits per heavy atom. The van der Waals surface area contributed by atoms with Crippen LogP contribution in [0.15, 0.2) is 0 Å². The summed E-state index contributed by atoms with van der Waals surface area (Å²) in [4.78, 5) is 2.56. The molecule has 17 heavy (non-hydrogen) atoms. The molecular formula is C14H30N2O. The number of rotatable bonds is 7. The highest BCUT2D eigenvalue weighted by Gasteiger charge is 2.30. The largest absolute Gasteiger partial charge is 0.370 e. The first-order chi connectivity index (χ1) is 8.03. The second-order valence-corrected chi connectivity index (χ2v) is 5.84. The van der Waals surface area contributed by atoms with Crippen LogP contribution in [0, 0.1) is 0 Å². The lowest BCUT2D eigenvalue weighted by Gasteiger charge is -2.41. The molecule has 1 fully saturated rings. The summed E-state index contributed by atoms with van der Waals surface area (Å²) in [6.07, 6.45) is 4.32. The SMILES string of the molecule is CCNCCCCCN1CC(C)OC(C)(C)C1. The van der Waals surface area contributed by atoms with Crippen LogP contribution in [-0.2, 0) is 4.74 Å². The van der Waals surface area contributed by atoms with E-state index in [0.29, 0.717) is 6.10 Å². The minimum atomic E-state index is 0.0292. The van der Waals surface area contributed by atoms with Gasteiger partial charge in [-0.3, -0.25) is 4.90 Å². The predicted octanol–water partition coefficient (Wildman–Crippen LogP) is 2.27. The fourth-order valence-electron chi connectivity index (χ4n) is 2.70. The van der Waals surface area contributed by atoms with Crippen molar-refractivity contribution in [3.8, 4) is 0 Å². The van der Waals surface area contributed by atoms with E-state index in [9.17, 15) is 0 Å². The molecule has 1 atom stereocenters. The molecule has 1 aliphatic rings. The third kappa shape index (κ3) is 6.39. The molecule has 1 rings (SSSR count). The smallest absolute Gasteiger partial charge is 0.0757 e. The Morgan fingerprint density at radius 3 is 2.71 bits per heavy atom. The number of nitrogens with zero attached hydrogens (tertiary/aromatic N) is 1. The molecule has 1 saturated heterocycles. The Hall–Kier alpha value is -0.120. The number of unbranched alkanes of at least 4 members (excludes halogenated alkanes) is 2. The first-order valence-electron chi connectivity index (χ1n) is 7.14. The second-order valence-electron chi connectivity index (χ2n) is 5.84. The first kappa shape index (κ1) is 14.9. The summed E-state index contributed by atoms with van der Waals surface area (Å²) in [7, 11) is 0. The van der Waals surface area contributed by atoms with Gasteiger partial charge in [0.1, 0.15) is 0 Å². The van der Waals surface area contributed by atoms with Crippen molar-refractivity contribution in [3.05, 3.63) is 0 Å². The fourth-order valence-corrected chi connectivity index (χ4v) is 2.70. The van der Waals surface area contributed by atoms with E-state index in [4.69, 9.17) is 4.74 Å². The van der Waals surface area contributed by atoms with Gasteiger partial charge in [-0.05, 0) is 53.2 Å². The van der Waals surface area contributed by atoms with Gasteiger partial charge in [0.15, 0.2) is 0 Å². The Balaban J connectivity index is 2.10. The van der Waals surface area contributed by atoms with Crippen molar-refractivity contribution in [1.29, 1.82) is 0 Å². The van der Waals surface area contributed by atoms with Crippen LogP contribution in [0.5, 0.6) is 0 Å². The Labute approximate surface area is 107 Å². The molecule has 1 unspecified atom stereocenters. The average molecular weight is 242 g/mol. The monoisotopic (exact) mass is 242 g/mol. The molecule has 0 bridgehead atoms. The molecule has 0 saturated carbocycles. The van der Waals surface area contributed by atoms with Crippen molar-refractivity contribution in [3.63, 3.8) is 0 Å². The lowest BCUT2D eigenvalue weighted by Crippen LogP contribution is -2.51. The topological polar surface area (TPSA) is 24.5 Å². The van der Waals surface area contributed by atoms with Crippen molar-refractivity contribution in [2.45, 2.75) is 58.7 Å². The molecular weight excluding hydrogens is 212 g/mol. The van der Waals surface area contributed by atoms with E-state index in [-0.39, 0.29) is 5.60 Å². The molecule has 0 aromatic rings. The van der Waals surface area contributed by atoms with Crippen LogP contribution < -0.4 is 5.32 Å². The zero-order valence-corrected chi connectivity index (χ0v) is 12.1. The maximum absolute atomic E-state index is 5.91. The lowest BCUT2D eigenvalue weighted by atomic mass is 10.1. The van der Waals surface area contributed by atoms with Crippen LogP contribution in [0.2, 0.25) is 0 Å². The third-order valence-electron chi connectivity index (χ3n) is 3.22. The van der Waals surface area contributed by atoms with Crippen LogP contribution >= 0.6 is 0 Å². The second kappa shape index (κ2) is 7.34. The van der Waals surface area contributed by atoms with Crippen molar-refractivity contribution in [1.82, 2.24) is 10.2 Å². The van der Waals surface area contributed by atoms with Crippen LogP contribution in [-0.4, -0.2) is 49.3 Å². The van der Waals surface area contributed by atoms with Gasteiger partial charge in [-0.15, -0.1) is 0 Å².